The lowest BCUT2D eigenvalue weighted by molar-refractivity contribution is -0.138. The van der Waals surface area contributed by atoms with Gasteiger partial charge in [0.15, 0.2) is 5.96 Å². The fourth-order valence-corrected chi connectivity index (χ4v) is 4.64. The first-order chi connectivity index (χ1) is 13.0. The van der Waals surface area contributed by atoms with Crippen molar-refractivity contribution in [2.24, 2.45) is 16.3 Å². The van der Waals surface area contributed by atoms with Crippen molar-refractivity contribution in [3.63, 3.8) is 0 Å². The fraction of sp³-hybridized carbons (Fsp3) is 0.905. The molecule has 0 aromatic rings. The summed E-state index contributed by atoms with van der Waals surface area (Å²) in [7, 11) is 3.74. The highest BCUT2D eigenvalue weighted by atomic mass is 127. The predicted molar refractivity (Wildman–Crippen MR) is 128 cm³/mol. The lowest BCUT2D eigenvalue weighted by Crippen LogP contribution is -2.44. The van der Waals surface area contributed by atoms with E-state index in [-0.39, 0.29) is 35.3 Å². The number of rotatable bonds is 8. The SMILES string of the molecule is CCNC(=NCC1(C(=O)N(C)C)CCCC1)N1CCC(CN(CC)CC)C1.I. The van der Waals surface area contributed by atoms with Crippen molar-refractivity contribution in [3.05, 3.63) is 0 Å². The molecule has 28 heavy (non-hydrogen) atoms. The third-order valence-electron chi connectivity index (χ3n) is 6.28. The standard InChI is InChI=1S/C21H41N5O.HI/c1-6-22-20(26-14-11-18(16-26)15-25(7-2)8-3)23-17-21(12-9-10-13-21)19(27)24(4)5;/h18H,6-17H2,1-5H3,(H,22,23);1H. The van der Waals surface area contributed by atoms with E-state index in [0.717, 1.165) is 64.4 Å². The van der Waals surface area contributed by atoms with E-state index in [1.807, 2.05) is 14.1 Å². The van der Waals surface area contributed by atoms with Crippen LogP contribution in [0.3, 0.4) is 0 Å². The van der Waals surface area contributed by atoms with Crippen molar-refractivity contribution < 1.29 is 4.79 Å². The van der Waals surface area contributed by atoms with Crippen molar-refractivity contribution in [1.29, 1.82) is 0 Å². The zero-order valence-electron chi connectivity index (χ0n) is 18.7. The lowest BCUT2D eigenvalue weighted by atomic mass is 9.85. The monoisotopic (exact) mass is 507 g/mol. The van der Waals surface area contributed by atoms with Gasteiger partial charge in [-0.2, -0.15) is 0 Å². The number of aliphatic imine (C=N–C) groups is 1. The van der Waals surface area contributed by atoms with Gasteiger partial charge in [-0.3, -0.25) is 9.79 Å². The maximum Gasteiger partial charge on any atom is 0.230 e. The van der Waals surface area contributed by atoms with Gasteiger partial charge in [0.2, 0.25) is 5.91 Å². The van der Waals surface area contributed by atoms with Crippen LogP contribution in [0.2, 0.25) is 0 Å². The van der Waals surface area contributed by atoms with E-state index in [1.54, 1.807) is 4.90 Å². The minimum absolute atomic E-state index is 0. The molecule has 0 spiro atoms. The minimum atomic E-state index is -0.287. The van der Waals surface area contributed by atoms with Crippen molar-refractivity contribution in [3.8, 4) is 0 Å². The van der Waals surface area contributed by atoms with Crippen LogP contribution in [0.5, 0.6) is 0 Å². The number of carbonyl (C=O) groups excluding carboxylic acids is 1. The Labute approximate surface area is 189 Å². The molecule has 0 bridgehead atoms. The number of hydrogen-bond acceptors (Lipinski definition) is 3. The van der Waals surface area contributed by atoms with E-state index < -0.39 is 0 Å². The van der Waals surface area contributed by atoms with Gasteiger partial charge < -0.3 is 20.0 Å². The zero-order chi connectivity index (χ0) is 19.9. The molecular weight excluding hydrogens is 465 g/mol. The summed E-state index contributed by atoms with van der Waals surface area (Å²) in [5, 5.41) is 3.47. The summed E-state index contributed by atoms with van der Waals surface area (Å²) in [5.41, 5.74) is -0.287. The summed E-state index contributed by atoms with van der Waals surface area (Å²) in [6.07, 6.45) is 5.44. The largest absolute Gasteiger partial charge is 0.357 e. The summed E-state index contributed by atoms with van der Waals surface area (Å²) < 4.78 is 0. The van der Waals surface area contributed by atoms with Gasteiger partial charge in [0.1, 0.15) is 0 Å². The molecule has 1 amide bonds. The van der Waals surface area contributed by atoms with Crippen molar-refractivity contribution in [1.82, 2.24) is 20.0 Å². The molecule has 1 aliphatic carbocycles. The van der Waals surface area contributed by atoms with Gasteiger partial charge in [-0.1, -0.05) is 26.7 Å². The number of nitrogens with zero attached hydrogens (tertiary/aromatic N) is 4. The summed E-state index contributed by atoms with van der Waals surface area (Å²) in [4.78, 5) is 24.5. The molecule has 1 atom stereocenters. The van der Waals surface area contributed by atoms with Crippen LogP contribution in [0.15, 0.2) is 4.99 Å². The zero-order valence-corrected chi connectivity index (χ0v) is 21.0. The summed E-state index contributed by atoms with van der Waals surface area (Å²) in [5.74, 6) is 1.95. The Morgan fingerprint density at radius 1 is 1.18 bits per heavy atom. The first-order valence-corrected chi connectivity index (χ1v) is 10.9. The number of hydrogen-bond donors (Lipinski definition) is 1. The van der Waals surface area contributed by atoms with E-state index in [2.05, 4.69) is 35.9 Å². The molecule has 2 aliphatic rings. The summed E-state index contributed by atoms with van der Waals surface area (Å²) in [6, 6.07) is 0. The normalized spacial score (nSPS) is 21.7. The molecular formula is C21H42IN5O. The maximum atomic E-state index is 12.8. The molecule has 1 aliphatic heterocycles. The van der Waals surface area contributed by atoms with Crippen molar-refractivity contribution in [2.45, 2.75) is 52.9 Å². The lowest BCUT2D eigenvalue weighted by Gasteiger charge is -2.30. The van der Waals surface area contributed by atoms with Gasteiger partial charge >= 0.3 is 0 Å². The Bertz CT molecular complexity index is 501. The predicted octanol–water partition coefficient (Wildman–Crippen LogP) is 2.88. The van der Waals surface area contributed by atoms with Gasteiger partial charge in [-0.15, -0.1) is 24.0 Å². The van der Waals surface area contributed by atoms with Gasteiger partial charge in [0.05, 0.1) is 12.0 Å². The Hall–Kier alpha value is -0.570. The van der Waals surface area contributed by atoms with E-state index in [9.17, 15) is 4.79 Å². The van der Waals surface area contributed by atoms with Crippen LogP contribution in [0.4, 0.5) is 0 Å². The molecule has 7 heteroatoms. The fourth-order valence-electron chi connectivity index (χ4n) is 4.64. The number of amides is 1. The topological polar surface area (TPSA) is 51.2 Å². The second kappa shape index (κ2) is 12.2. The molecule has 1 saturated heterocycles. The molecule has 1 saturated carbocycles. The highest BCUT2D eigenvalue weighted by molar-refractivity contribution is 14.0. The van der Waals surface area contributed by atoms with Gasteiger partial charge in [0, 0.05) is 40.3 Å². The Morgan fingerprint density at radius 2 is 1.82 bits per heavy atom. The van der Waals surface area contributed by atoms with Crippen molar-refractivity contribution >= 4 is 35.8 Å². The van der Waals surface area contributed by atoms with Crippen LogP contribution in [-0.4, -0.2) is 86.5 Å². The molecule has 1 N–H and O–H groups in total. The van der Waals surface area contributed by atoms with E-state index in [4.69, 9.17) is 4.99 Å². The van der Waals surface area contributed by atoms with Gasteiger partial charge in [-0.05, 0) is 45.2 Å². The molecule has 0 aromatic heterocycles. The summed E-state index contributed by atoms with van der Waals surface area (Å²) in [6.45, 7) is 13.6. The van der Waals surface area contributed by atoms with Crippen LogP contribution >= 0.6 is 24.0 Å². The Balaban J connectivity index is 0.00000392. The summed E-state index contributed by atoms with van der Waals surface area (Å²) >= 11 is 0. The third kappa shape index (κ3) is 6.47. The average molecular weight is 508 g/mol. The highest BCUT2D eigenvalue weighted by Gasteiger charge is 2.42. The Morgan fingerprint density at radius 3 is 2.36 bits per heavy atom. The van der Waals surface area contributed by atoms with Crippen molar-refractivity contribution in [2.75, 3.05) is 59.9 Å². The van der Waals surface area contributed by atoms with E-state index in [0.29, 0.717) is 12.5 Å². The molecule has 164 valence electrons. The number of carbonyl (C=O) groups is 1. The molecule has 6 nitrogen and oxygen atoms in total. The van der Waals surface area contributed by atoms with Gasteiger partial charge in [-0.25, -0.2) is 0 Å². The molecule has 2 rings (SSSR count). The van der Waals surface area contributed by atoms with Crippen LogP contribution in [0.25, 0.3) is 0 Å². The van der Waals surface area contributed by atoms with Crippen LogP contribution in [0, 0.1) is 11.3 Å². The molecule has 2 fully saturated rings. The van der Waals surface area contributed by atoms with Crippen LogP contribution in [0.1, 0.15) is 52.9 Å². The number of guanidine groups is 1. The average Bonchev–Trinajstić information content (AvgIpc) is 3.32. The maximum absolute atomic E-state index is 12.8. The van der Waals surface area contributed by atoms with Crippen LogP contribution < -0.4 is 5.32 Å². The molecule has 0 radical (unpaired) electrons. The first kappa shape index (κ1) is 25.5. The number of halogens is 1. The second-order valence-corrected chi connectivity index (χ2v) is 8.44. The third-order valence-corrected chi connectivity index (χ3v) is 6.28. The first-order valence-electron chi connectivity index (χ1n) is 10.9. The Kier molecular flexibility index (Phi) is 11.1. The van der Waals surface area contributed by atoms with E-state index in [1.165, 1.54) is 13.0 Å². The highest BCUT2D eigenvalue weighted by Crippen LogP contribution is 2.39. The molecule has 1 heterocycles. The second-order valence-electron chi connectivity index (χ2n) is 8.44. The van der Waals surface area contributed by atoms with E-state index >= 15 is 0 Å². The molecule has 0 aromatic carbocycles. The quantitative estimate of drug-likeness (QED) is 0.312. The smallest absolute Gasteiger partial charge is 0.230 e. The van der Waals surface area contributed by atoms with Gasteiger partial charge in [0.25, 0.3) is 0 Å². The minimum Gasteiger partial charge on any atom is -0.357 e. The number of likely N-dealkylation sites (tertiary alicyclic amines) is 1. The molecule has 1 unspecified atom stereocenters. The van der Waals surface area contributed by atoms with Crippen LogP contribution in [-0.2, 0) is 4.79 Å². The number of nitrogens with one attached hydrogen (secondary N) is 1.